The lowest BCUT2D eigenvalue weighted by Crippen LogP contribution is -2.01. The van der Waals surface area contributed by atoms with Gasteiger partial charge in [-0.2, -0.15) is 5.10 Å². The van der Waals surface area contributed by atoms with Gasteiger partial charge in [-0.15, -0.1) is 0 Å². The van der Waals surface area contributed by atoms with Crippen LogP contribution in [0.5, 0.6) is 0 Å². The minimum absolute atomic E-state index is 0.212. The summed E-state index contributed by atoms with van der Waals surface area (Å²) in [5, 5.41) is 6.13. The first-order chi connectivity index (χ1) is 5.33. The minimum Gasteiger partial charge on any atom is -0.293 e. The second-order valence-electron chi connectivity index (χ2n) is 2.58. The lowest BCUT2D eigenvalue weighted by atomic mass is 10.2. The molecule has 0 atom stereocenters. The van der Waals surface area contributed by atoms with Gasteiger partial charge in [0, 0.05) is 6.42 Å². The predicted octanol–water partition coefficient (Wildman–Crippen LogP) is 0.831. The summed E-state index contributed by atoms with van der Waals surface area (Å²) in [6.45, 7) is 2.15. The molecule has 0 fully saturated rings. The fourth-order valence-corrected chi connectivity index (χ4v) is 0.966. The van der Waals surface area contributed by atoms with E-state index in [1.807, 2.05) is 0 Å². The molecule has 11 heavy (non-hydrogen) atoms. The highest BCUT2D eigenvalue weighted by Crippen LogP contribution is 1.98. The van der Waals surface area contributed by atoms with E-state index in [9.17, 15) is 4.79 Å². The number of nitrogens with one attached hydrogen (secondary N) is 2. The molecule has 0 saturated heterocycles. The maximum Gasteiger partial charge on any atom is 0.340 e. The van der Waals surface area contributed by atoms with Crippen LogP contribution in [0.25, 0.3) is 0 Å². The molecular formula is C7H13N3O. The summed E-state index contributed by atoms with van der Waals surface area (Å²) >= 11 is 0. The van der Waals surface area contributed by atoms with Gasteiger partial charge in [-0.3, -0.25) is 4.98 Å². The van der Waals surface area contributed by atoms with Crippen molar-refractivity contribution >= 4 is 0 Å². The number of nitrogens with zero attached hydrogens (tertiary/aromatic N) is 1. The molecule has 0 radical (unpaired) electrons. The summed E-state index contributed by atoms with van der Waals surface area (Å²) in [7, 11) is 0. The Morgan fingerprint density at radius 3 is 2.82 bits per heavy atom. The van der Waals surface area contributed by atoms with Crippen molar-refractivity contribution < 1.29 is 0 Å². The number of hydrogen-bond donors (Lipinski definition) is 2. The lowest BCUT2D eigenvalue weighted by molar-refractivity contribution is 0.695. The van der Waals surface area contributed by atoms with Gasteiger partial charge in [0.2, 0.25) is 0 Å². The summed E-state index contributed by atoms with van der Waals surface area (Å²) in [4.78, 5) is 13.2. The average molecular weight is 155 g/mol. The van der Waals surface area contributed by atoms with Crippen molar-refractivity contribution in [3.8, 4) is 0 Å². The van der Waals surface area contributed by atoms with Crippen molar-refractivity contribution in [1.29, 1.82) is 0 Å². The maximum absolute atomic E-state index is 10.5. The van der Waals surface area contributed by atoms with Crippen molar-refractivity contribution in [3.05, 3.63) is 16.3 Å². The van der Waals surface area contributed by atoms with Crippen LogP contribution in [-0.4, -0.2) is 15.2 Å². The zero-order valence-electron chi connectivity index (χ0n) is 6.68. The number of H-pyrrole nitrogens is 2. The molecular weight excluding hydrogens is 142 g/mol. The first-order valence-corrected chi connectivity index (χ1v) is 3.96. The largest absolute Gasteiger partial charge is 0.340 e. The lowest BCUT2D eigenvalue weighted by Gasteiger charge is -1.92. The number of aromatic amines is 2. The number of aryl methyl sites for hydroxylation is 1. The molecule has 1 rings (SSSR count). The van der Waals surface area contributed by atoms with E-state index in [1.54, 1.807) is 0 Å². The Labute approximate surface area is 65.0 Å². The van der Waals surface area contributed by atoms with Crippen LogP contribution in [0.3, 0.4) is 0 Å². The van der Waals surface area contributed by atoms with E-state index < -0.39 is 0 Å². The zero-order chi connectivity index (χ0) is 8.10. The van der Waals surface area contributed by atoms with Gasteiger partial charge in [0.15, 0.2) is 0 Å². The van der Waals surface area contributed by atoms with Gasteiger partial charge < -0.3 is 0 Å². The van der Waals surface area contributed by atoms with Gasteiger partial charge in [0.25, 0.3) is 0 Å². The maximum atomic E-state index is 10.5. The molecule has 0 amide bonds. The molecule has 62 valence electrons. The third kappa shape index (κ3) is 2.57. The molecule has 0 aliphatic rings. The Kier molecular flexibility index (Phi) is 2.89. The summed E-state index contributed by atoms with van der Waals surface area (Å²) < 4.78 is 0. The molecule has 0 aromatic carbocycles. The Hall–Kier alpha value is -1.06. The third-order valence-corrected chi connectivity index (χ3v) is 1.57. The molecule has 0 unspecified atom stereocenters. The summed E-state index contributed by atoms with van der Waals surface area (Å²) in [5.74, 6) is 0.767. The monoisotopic (exact) mass is 155 g/mol. The van der Waals surface area contributed by atoms with Crippen LogP contribution in [0.15, 0.2) is 4.79 Å². The molecule has 1 aromatic rings. The third-order valence-electron chi connectivity index (χ3n) is 1.57. The highest BCUT2D eigenvalue weighted by Gasteiger charge is 1.95. The van der Waals surface area contributed by atoms with Crippen molar-refractivity contribution in [2.75, 3.05) is 0 Å². The number of aromatic nitrogens is 3. The minimum atomic E-state index is -0.212. The quantitative estimate of drug-likeness (QED) is 0.632. The van der Waals surface area contributed by atoms with E-state index in [0.717, 1.165) is 18.7 Å². The van der Waals surface area contributed by atoms with Gasteiger partial charge in [-0.05, 0) is 6.42 Å². The van der Waals surface area contributed by atoms with Crippen molar-refractivity contribution in [1.82, 2.24) is 15.2 Å². The standard InChI is InChI=1S/C7H13N3O/c1-2-3-4-5-6-8-7(11)10-9-6/h2-5H2,1H3,(H2,8,9,10,11). The predicted molar refractivity (Wildman–Crippen MR) is 42.4 cm³/mol. The zero-order valence-corrected chi connectivity index (χ0v) is 6.68. The molecule has 1 aromatic heterocycles. The molecule has 0 spiro atoms. The molecule has 0 aliphatic heterocycles. The highest BCUT2D eigenvalue weighted by atomic mass is 16.1. The Bertz CT molecular complexity index is 250. The topological polar surface area (TPSA) is 61.5 Å². The van der Waals surface area contributed by atoms with Crippen LogP contribution in [-0.2, 0) is 6.42 Å². The van der Waals surface area contributed by atoms with Crippen LogP contribution in [0.1, 0.15) is 32.0 Å². The van der Waals surface area contributed by atoms with E-state index in [0.29, 0.717) is 0 Å². The van der Waals surface area contributed by atoms with Gasteiger partial charge in [-0.1, -0.05) is 19.8 Å². The number of hydrogen-bond acceptors (Lipinski definition) is 2. The van der Waals surface area contributed by atoms with Crippen LogP contribution in [0, 0.1) is 0 Å². The molecule has 2 N–H and O–H groups in total. The Morgan fingerprint density at radius 1 is 1.45 bits per heavy atom. The average Bonchev–Trinajstić information content (AvgIpc) is 2.37. The smallest absolute Gasteiger partial charge is 0.293 e. The van der Waals surface area contributed by atoms with Crippen molar-refractivity contribution in [2.45, 2.75) is 32.6 Å². The van der Waals surface area contributed by atoms with Gasteiger partial charge >= 0.3 is 5.69 Å². The normalized spacial score (nSPS) is 10.3. The Morgan fingerprint density at radius 2 is 2.27 bits per heavy atom. The summed E-state index contributed by atoms with van der Waals surface area (Å²) in [6.07, 6.45) is 4.34. The van der Waals surface area contributed by atoms with E-state index in [2.05, 4.69) is 22.1 Å². The van der Waals surface area contributed by atoms with Crippen molar-refractivity contribution in [3.63, 3.8) is 0 Å². The molecule has 1 heterocycles. The molecule has 0 saturated carbocycles. The van der Waals surface area contributed by atoms with Crippen LogP contribution < -0.4 is 5.69 Å². The first kappa shape index (κ1) is 8.04. The fourth-order valence-electron chi connectivity index (χ4n) is 0.966. The fraction of sp³-hybridized carbons (Fsp3) is 0.714. The van der Waals surface area contributed by atoms with E-state index in [1.165, 1.54) is 12.8 Å². The second kappa shape index (κ2) is 3.95. The van der Waals surface area contributed by atoms with Crippen LogP contribution in [0.4, 0.5) is 0 Å². The van der Waals surface area contributed by atoms with E-state index in [-0.39, 0.29) is 5.69 Å². The second-order valence-corrected chi connectivity index (χ2v) is 2.58. The summed E-state index contributed by atoms with van der Waals surface area (Å²) in [5.41, 5.74) is -0.212. The highest BCUT2D eigenvalue weighted by molar-refractivity contribution is 4.79. The summed E-state index contributed by atoms with van der Waals surface area (Å²) in [6, 6.07) is 0. The van der Waals surface area contributed by atoms with Gasteiger partial charge in [0.05, 0.1) is 0 Å². The Balaban J connectivity index is 2.33. The van der Waals surface area contributed by atoms with Crippen LogP contribution in [0.2, 0.25) is 0 Å². The first-order valence-electron chi connectivity index (χ1n) is 3.96. The number of rotatable bonds is 4. The van der Waals surface area contributed by atoms with E-state index >= 15 is 0 Å². The molecule has 4 nitrogen and oxygen atoms in total. The molecule has 4 heteroatoms. The molecule has 0 bridgehead atoms. The molecule has 0 aliphatic carbocycles. The SMILES string of the molecule is CCCCCc1n[nH]c(=O)[nH]1. The van der Waals surface area contributed by atoms with Crippen LogP contribution >= 0.6 is 0 Å². The van der Waals surface area contributed by atoms with Gasteiger partial charge in [-0.25, -0.2) is 9.89 Å². The van der Waals surface area contributed by atoms with Crippen molar-refractivity contribution in [2.24, 2.45) is 0 Å². The van der Waals surface area contributed by atoms with E-state index in [4.69, 9.17) is 0 Å². The van der Waals surface area contributed by atoms with Gasteiger partial charge in [0.1, 0.15) is 5.82 Å². The number of unbranched alkanes of at least 4 members (excludes halogenated alkanes) is 2.